The van der Waals surface area contributed by atoms with Gasteiger partial charge in [0.2, 0.25) is 5.82 Å². The summed E-state index contributed by atoms with van der Waals surface area (Å²) < 4.78 is 0. The average Bonchev–Trinajstić information content (AvgIpc) is 2.44. The van der Waals surface area contributed by atoms with Crippen LogP contribution in [-0.2, 0) is 0 Å². The molecule has 0 bridgehead atoms. The second-order valence-corrected chi connectivity index (χ2v) is 3.95. The van der Waals surface area contributed by atoms with Gasteiger partial charge in [0.1, 0.15) is 11.4 Å². The predicted molar refractivity (Wildman–Crippen MR) is 68.0 cm³/mol. The highest BCUT2D eigenvalue weighted by Gasteiger charge is 2.31. The van der Waals surface area contributed by atoms with E-state index in [0.717, 1.165) is 0 Å². The Labute approximate surface area is 109 Å². The van der Waals surface area contributed by atoms with Crippen LogP contribution >= 0.6 is 0 Å². The largest absolute Gasteiger partial charge is 0.394 e. The van der Waals surface area contributed by atoms with Crippen LogP contribution in [0.4, 0.5) is 17.3 Å². The smallest absolute Gasteiger partial charge is 0.311 e. The third-order valence-electron chi connectivity index (χ3n) is 2.62. The minimum absolute atomic E-state index is 0.144. The van der Waals surface area contributed by atoms with Crippen molar-refractivity contribution >= 4 is 17.3 Å². The van der Waals surface area contributed by atoms with E-state index in [0.29, 0.717) is 5.82 Å². The number of nitrogens with zero attached hydrogens (tertiary/aromatic N) is 2. The van der Waals surface area contributed by atoms with E-state index >= 15 is 0 Å². The quantitative estimate of drug-likeness (QED) is 0.319. The Morgan fingerprint density at radius 3 is 2.32 bits per heavy atom. The Bertz CT molecular complexity index is 441. The molecule has 0 saturated carbocycles. The zero-order valence-electron chi connectivity index (χ0n) is 10.3. The van der Waals surface area contributed by atoms with Crippen LogP contribution in [0.3, 0.4) is 0 Å². The molecule has 0 amide bonds. The van der Waals surface area contributed by atoms with E-state index in [-0.39, 0.29) is 11.5 Å². The summed E-state index contributed by atoms with van der Waals surface area (Å²) in [5.74, 6) is 0.227. The van der Waals surface area contributed by atoms with Crippen LogP contribution < -0.4 is 10.6 Å². The highest BCUT2D eigenvalue weighted by atomic mass is 16.6. The first kappa shape index (κ1) is 15.1. The van der Waals surface area contributed by atoms with Crippen molar-refractivity contribution in [2.75, 3.05) is 37.5 Å². The van der Waals surface area contributed by atoms with E-state index in [1.54, 1.807) is 7.05 Å². The van der Waals surface area contributed by atoms with E-state index in [9.17, 15) is 25.4 Å². The van der Waals surface area contributed by atoms with Gasteiger partial charge >= 0.3 is 5.69 Å². The van der Waals surface area contributed by atoms with Crippen LogP contribution in [0.1, 0.15) is 0 Å². The standard InChI is InChI=1S/C10H16N4O5/c1-11-8-3-2-7(14(18)19)9(12-8)13-10(4-15,5-16)6-17/h2-3,15-17H,4-6H2,1H3,(H2,11,12,13). The molecule has 0 fully saturated rings. The molecule has 19 heavy (non-hydrogen) atoms. The molecular formula is C10H16N4O5. The topological polar surface area (TPSA) is 141 Å². The number of nitro groups is 1. The molecule has 0 aliphatic heterocycles. The second kappa shape index (κ2) is 6.27. The maximum absolute atomic E-state index is 10.9. The average molecular weight is 272 g/mol. The van der Waals surface area contributed by atoms with Gasteiger partial charge in [-0.1, -0.05) is 0 Å². The lowest BCUT2D eigenvalue weighted by Gasteiger charge is -2.29. The molecule has 5 N–H and O–H groups in total. The summed E-state index contributed by atoms with van der Waals surface area (Å²) in [6, 6.07) is 2.65. The molecule has 9 nitrogen and oxygen atoms in total. The summed E-state index contributed by atoms with van der Waals surface area (Å²) in [6.45, 7) is -1.83. The zero-order chi connectivity index (χ0) is 14.5. The molecule has 1 aromatic heterocycles. The van der Waals surface area contributed by atoms with Gasteiger partial charge in [-0.25, -0.2) is 4.98 Å². The summed E-state index contributed by atoms with van der Waals surface area (Å²) in [6.07, 6.45) is 0. The van der Waals surface area contributed by atoms with Gasteiger partial charge in [-0.3, -0.25) is 10.1 Å². The fourth-order valence-electron chi connectivity index (χ4n) is 1.35. The van der Waals surface area contributed by atoms with Crippen LogP contribution in [0, 0.1) is 10.1 Å². The van der Waals surface area contributed by atoms with Gasteiger partial charge in [0, 0.05) is 13.1 Å². The molecular weight excluding hydrogens is 256 g/mol. The monoisotopic (exact) mass is 272 g/mol. The number of nitrogens with one attached hydrogen (secondary N) is 2. The Morgan fingerprint density at radius 2 is 1.89 bits per heavy atom. The number of hydrogen-bond acceptors (Lipinski definition) is 8. The first-order chi connectivity index (χ1) is 9.01. The van der Waals surface area contributed by atoms with E-state index in [4.69, 9.17) is 0 Å². The van der Waals surface area contributed by atoms with E-state index in [2.05, 4.69) is 15.6 Å². The molecule has 9 heteroatoms. The number of aliphatic hydroxyl groups is 3. The van der Waals surface area contributed by atoms with E-state index in [1.807, 2.05) is 0 Å². The molecule has 0 saturated heterocycles. The van der Waals surface area contributed by atoms with Crippen molar-refractivity contribution in [1.29, 1.82) is 0 Å². The third-order valence-corrected chi connectivity index (χ3v) is 2.62. The minimum atomic E-state index is -1.48. The van der Waals surface area contributed by atoms with Crippen LogP contribution in [0.5, 0.6) is 0 Å². The first-order valence-electron chi connectivity index (χ1n) is 5.46. The lowest BCUT2D eigenvalue weighted by Crippen LogP contribution is -2.49. The summed E-state index contributed by atoms with van der Waals surface area (Å²) in [7, 11) is 1.59. The molecule has 0 aliphatic carbocycles. The van der Waals surface area contributed by atoms with Crippen LogP contribution in [0.15, 0.2) is 12.1 Å². The van der Waals surface area contributed by atoms with Crippen molar-refractivity contribution in [3.63, 3.8) is 0 Å². The molecule has 1 heterocycles. The fraction of sp³-hybridized carbons (Fsp3) is 0.500. The SMILES string of the molecule is CNc1ccc([N+](=O)[O-])c(NC(CO)(CO)CO)n1. The molecule has 0 aromatic carbocycles. The summed E-state index contributed by atoms with van der Waals surface area (Å²) >= 11 is 0. The van der Waals surface area contributed by atoms with Crippen LogP contribution in [0.25, 0.3) is 0 Å². The highest BCUT2D eigenvalue weighted by molar-refractivity contribution is 5.61. The summed E-state index contributed by atoms with van der Waals surface area (Å²) in [4.78, 5) is 14.2. The lowest BCUT2D eigenvalue weighted by molar-refractivity contribution is -0.384. The van der Waals surface area contributed by atoms with Crippen molar-refractivity contribution in [2.24, 2.45) is 0 Å². The molecule has 1 rings (SSSR count). The lowest BCUT2D eigenvalue weighted by atomic mass is 10.0. The van der Waals surface area contributed by atoms with Crippen molar-refractivity contribution in [3.8, 4) is 0 Å². The van der Waals surface area contributed by atoms with Crippen molar-refractivity contribution < 1.29 is 20.2 Å². The molecule has 0 aliphatic rings. The van der Waals surface area contributed by atoms with Gasteiger partial charge in [-0.05, 0) is 6.07 Å². The minimum Gasteiger partial charge on any atom is -0.394 e. The van der Waals surface area contributed by atoms with E-state index in [1.165, 1.54) is 12.1 Å². The molecule has 1 aromatic rings. The van der Waals surface area contributed by atoms with Crippen molar-refractivity contribution in [3.05, 3.63) is 22.2 Å². The maximum atomic E-state index is 10.9. The highest BCUT2D eigenvalue weighted by Crippen LogP contribution is 2.26. The second-order valence-electron chi connectivity index (χ2n) is 3.95. The normalized spacial score (nSPS) is 11.2. The number of aliphatic hydroxyl groups excluding tert-OH is 3. The Kier molecular flexibility index (Phi) is 4.98. The number of anilines is 2. The molecule has 106 valence electrons. The summed E-state index contributed by atoms with van der Waals surface area (Å²) in [5, 5.41) is 43.7. The van der Waals surface area contributed by atoms with Gasteiger partial charge in [0.05, 0.1) is 24.7 Å². The van der Waals surface area contributed by atoms with Crippen molar-refractivity contribution in [1.82, 2.24) is 4.98 Å². The Hall–Kier alpha value is -1.97. The number of pyridine rings is 1. The number of aromatic nitrogens is 1. The van der Waals surface area contributed by atoms with Crippen LogP contribution in [0.2, 0.25) is 0 Å². The first-order valence-corrected chi connectivity index (χ1v) is 5.46. The van der Waals surface area contributed by atoms with Gasteiger partial charge in [0.25, 0.3) is 0 Å². The zero-order valence-corrected chi connectivity index (χ0v) is 10.3. The van der Waals surface area contributed by atoms with Crippen molar-refractivity contribution in [2.45, 2.75) is 5.54 Å². The number of rotatable bonds is 7. The fourth-order valence-corrected chi connectivity index (χ4v) is 1.35. The molecule has 0 radical (unpaired) electrons. The van der Waals surface area contributed by atoms with Gasteiger partial charge in [0.15, 0.2) is 0 Å². The van der Waals surface area contributed by atoms with Gasteiger partial charge in [-0.2, -0.15) is 0 Å². The maximum Gasteiger partial charge on any atom is 0.311 e. The molecule has 0 spiro atoms. The van der Waals surface area contributed by atoms with Gasteiger partial charge < -0.3 is 26.0 Å². The van der Waals surface area contributed by atoms with Gasteiger partial charge in [-0.15, -0.1) is 0 Å². The number of hydrogen-bond donors (Lipinski definition) is 5. The van der Waals surface area contributed by atoms with Crippen LogP contribution in [-0.4, -0.2) is 57.6 Å². The van der Waals surface area contributed by atoms with E-state index < -0.39 is 30.3 Å². The Balaban J connectivity index is 3.19. The molecule has 0 atom stereocenters. The summed E-state index contributed by atoms with van der Waals surface area (Å²) in [5.41, 5.74) is -1.80. The third kappa shape index (κ3) is 3.28. The Morgan fingerprint density at radius 1 is 1.32 bits per heavy atom. The predicted octanol–water partition coefficient (Wildman–Crippen LogP) is -0.841. The molecule has 0 unspecified atom stereocenters.